The molecule has 0 aromatic heterocycles. The molecule has 21 heavy (non-hydrogen) atoms. The summed E-state index contributed by atoms with van der Waals surface area (Å²) < 4.78 is 14.7. The van der Waals surface area contributed by atoms with Crippen molar-refractivity contribution in [2.24, 2.45) is 0 Å². The summed E-state index contributed by atoms with van der Waals surface area (Å²) in [5.74, 6) is -0.142. The van der Waals surface area contributed by atoms with Crippen molar-refractivity contribution in [3.63, 3.8) is 0 Å². The molecular weight excluding hydrogens is 272 g/mol. The number of rotatable bonds is 3. The molecular formula is C16H14O5. The van der Waals surface area contributed by atoms with Crippen LogP contribution in [0.1, 0.15) is 15.9 Å². The maximum Gasteiger partial charge on any atom is 0.519 e. The number of hydrogen-bond acceptors (Lipinski definition) is 5. The van der Waals surface area contributed by atoms with Crippen molar-refractivity contribution in [3.05, 3.63) is 59.7 Å². The van der Waals surface area contributed by atoms with Gasteiger partial charge in [0.1, 0.15) is 17.1 Å². The van der Waals surface area contributed by atoms with Gasteiger partial charge in [0.25, 0.3) is 0 Å². The van der Waals surface area contributed by atoms with Crippen LogP contribution in [0.25, 0.3) is 0 Å². The average Bonchev–Trinajstić information content (AvgIpc) is 2.49. The molecule has 2 aromatic carbocycles. The first-order valence-electron chi connectivity index (χ1n) is 6.24. The molecule has 2 aromatic rings. The fourth-order valence-electron chi connectivity index (χ4n) is 1.65. The number of hydrogen-bond donors (Lipinski definition) is 0. The summed E-state index contributed by atoms with van der Waals surface area (Å²) in [5, 5.41) is 0. The maximum atomic E-state index is 11.7. The molecule has 0 saturated carbocycles. The van der Waals surface area contributed by atoms with Crippen LogP contribution in [0, 0.1) is 6.92 Å². The van der Waals surface area contributed by atoms with Gasteiger partial charge in [-0.25, -0.2) is 9.59 Å². The Hall–Kier alpha value is -2.82. The normalized spacial score (nSPS) is 9.81. The van der Waals surface area contributed by atoms with Crippen molar-refractivity contribution >= 4 is 12.1 Å². The molecule has 0 unspecified atom stereocenters. The molecule has 108 valence electrons. The molecule has 5 heteroatoms. The quantitative estimate of drug-likeness (QED) is 0.639. The van der Waals surface area contributed by atoms with Crippen LogP contribution in [0.2, 0.25) is 0 Å². The lowest BCUT2D eigenvalue weighted by atomic mass is 10.2. The molecule has 2 rings (SSSR count). The number of esters is 1. The van der Waals surface area contributed by atoms with E-state index in [1.165, 1.54) is 19.2 Å². The molecule has 0 atom stereocenters. The van der Waals surface area contributed by atoms with Crippen LogP contribution in [0.3, 0.4) is 0 Å². The van der Waals surface area contributed by atoms with Gasteiger partial charge in [0.05, 0.1) is 7.11 Å². The fourth-order valence-corrected chi connectivity index (χ4v) is 1.65. The van der Waals surface area contributed by atoms with E-state index in [1.54, 1.807) is 24.3 Å². The zero-order valence-corrected chi connectivity index (χ0v) is 11.7. The van der Waals surface area contributed by atoms with Gasteiger partial charge in [-0.3, -0.25) is 0 Å². The summed E-state index contributed by atoms with van der Waals surface area (Å²) in [7, 11) is 1.25. The van der Waals surface area contributed by atoms with E-state index in [4.69, 9.17) is 9.47 Å². The van der Waals surface area contributed by atoms with E-state index in [0.717, 1.165) is 5.56 Å². The van der Waals surface area contributed by atoms with Crippen molar-refractivity contribution in [2.75, 3.05) is 7.11 Å². The first-order chi connectivity index (χ1) is 10.1. The lowest BCUT2D eigenvalue weighted by molar-refractivity contribution is 0.0597. The van der Waals surface area contributed by atoms with Gasteiger partial charge in [-0.2, -0.15) is 0 Å². The molecule has 0 spiro atoms. The number of benzene rings is 2. The second-order valence-corrected chi connectivity index (χ2v) is 4.25. The summed E-state index contributed by atoms with van der Waals surface area (Å²) in [4.78, 5) is 23.3. The molecule has 0 aliphatic carbocycles. The first-order valence-corrected chi connectivity index (χ1v) is 6.24. The lowest BCUT2D eigenvalue weighted by Crippen LogP contribution is -2.16. The van der Waals surface area contributed by atoms with Crippen molar-refractivity contribution in [2.45, 2.75) is 6.92 Å². The minimum Gasteiger partial charge on any atom is -0.465 e. The SMILES string of the molecule is COC(=O)c1ccccc1OC(=O)Oc1ccc(C)cc1. The van der Waals surface area contributed by atoms with Crippen LogP contribution in [-0.2, 0) is 4.74 Å². The summed E-state index contributed by atoms with van der Waals surface area (Å²) in [6.07, 6.45) is -0.921. The van der Waals surface area contributed by atoms with Gasteiger partial charge in [-0.05, 0) is 31.2 Å². The second kappa shape index (κ2) is 6.56. The van der Waals surface area contributed by atoms with Crippen molar-refractivity contribution in [3.8, 4) is 11.5 Å². The third-order valence-corrected chi connectivity index (χ3v) is 2.71. The lowest BCUT2D eigenvalue weighted by Gasteiger charge is -2.08. The smallest absolute Gasteiger partial charge is 0.465 e. The second-order valence-electron chi connectivity index (χ2n) is 4.25. The van der Waals surface area contributed by atoms with Gasteiger partial charge in [0.2, 0.25) is 0 Å². The Labute approximate surface area is 122 Å². The Kier molecular flexibility index (Phi) is 4.56. The van der Waals surface area contributed by atoms with Gasteiger partial charge in [0.15, 0.2) is 0 Å². The molecule has 0 aliphatic heterocycles. The van der Waals surface area contributed by atoms with Gasteiger partial charge >= 0.3 is 12.1 Å². The van der Waals surface area contributed by atoms with Gasteiger partial charge in [0, 0.05) is 0 Å². The van der Waals surface area contributed by atoms with Crippen LogP contribution in [-0.4, -0.2) is 19.2 Å². The average molecular weight is 286 g/mol. The number of aryl methyl sites for hydroxylation is 1. The molecule has 0 heterocycles. The number of ether oxygens (including phenoxy) is 3. The highest BCUT2D eigenvalue weighted by Gasteiger charge is 2.16. The zero-order valence-electron chi connectivity index (χ0n) is 11.7. The summed E-state index contributed by atoms with van der Waals surface area (Å²) in [6, 6.07) is 13.2. The van der Waals surface area contributed by atoms with Crippen LogP contribution >= 0.6 is 0 Å². The van der Waals surface area contributed by atoms with Gasteiger partial charge in [-0.15, -0.1) is 0 Å². The molecule has 0 N–H and O–H groups in total. The Bertz CT molecular complexity index is 646. The minimum atomic E-state index is -0.921. The van der Waals surface area contributed by atoms with Crippen LogP contribution in [0.5, 0.6) is 11.5 Å². The van der Waals surface area contributed by atoms with E-state index in [-0.39, 0.29) is 11.3 Å². The molecule has 0 bridgehead atoms. The number of carbonyl (C=O) groups is 2. The van der Waals surface area contributed by atoms with Gasteiger partial charge in [-0.1, -0.05) is 29.8 Å². The standard InChI is InChI=1S/C16H14O5/c1-11-7-9-12(10-8-11)20-16(18)21-14-6-4-3-5-13(14)15(17)19-2/h3-10H,1-2H3. The maximum absolute atomic E-state index is 11.7. The van der Waals surface area contributed by atoms with E-state index < -0.39 is 12.1 Å². The third-order valence-electron chi connectivity index (χ3n) is 2.71. The topological polar surface area (TPSA) is 61.8 Å². The van der Waals surface area contributed by atoms with Gasteiger partial charge < -0.3 is 14.2 Å². The van der Waals surface area contributed by atoms with Crippen molar-refractivity contribution in [1.82, 2.24) is 0 Å². The third kappa shape index (κ3) is 3.82. The van der Waals surface area contributed by atoms with Crippen molar-refractivity contribution < 1.29 is 23.8 Å². The van der Waals surface area contributed by atoms with E-state index in [2.05, 4.69) is 4.74 Å². The van der Waals surface area contributed by atoms with E-state index >= 15 is 0 Å². The molecule has 0 aliphatic rings. The highest BCUT2D eigenvalue weighted by atomic mass is 16.7. The Balaban J connectivity index is 2.09. The summed E-state index contributed by atoms with van der Waals surface area (Å²) >= 11 is 0. The zero-order chi connectivity index (χ0) is 15.2. The first kappa shape index (κ1) is 14.6. The number of methoxy groups -OCH3 is 1. The molecule has 5 nitrogen and oxygen atoms in total. The van der Waals surface area contributed by atoms with Crippen LogP contribution in [0.15, 0.2) is 48.5 Å². The number of para-hydroxylation sites is 1. The van der Waals surface area contributed by atoms with E-state index in [1.807, 2.05) is 19.1 Å². The summed E-state index contributed by atoms with van der Waals surface area (Å²) in [5.41, 5.74) is 1.20. The largest absolute Gasteiger partial charge is 0.519 e. The highest BCUT2D eigenvalue weighted by Crippen LogP contribution is 2.20. The Morgan fingerprint density at radius 1 is 0.905 bits per heavy atom. The predicted molar refractivity (Wildman–Crippen MR) is 75.6 cm³/mol. The van der Waals surface area contributed by atoms with E-state index in [0.29, 0.717) is 5.75 Å². The molecule has 0 amide bonds. The van der Waals surface area contributed by atoms with Crippen LogP contribution < -0.4 is 9.47 Å². The Morgan fingerprint density at radius 3 is 2.24 bits per heavy atom. The monoisotopic (exact) mass is 286 g/mol. The number of carbonyl (C=O) groups excluding carboxylic acids is 2. The molecule has 0 radical (unpaired) electrons. The van der Waals surface area contributed by atoms with Crippen LogP contribution in [0.4, 0.5) is 4.79 Å². The predicted octanol–water partition coefficient (Wildman–Crippen LogP) is 3.36. The van der Waals surface area contributed by atoms with E-state index in [9.17, 15) is 9.59 Å². The fraction of sp³-hybridized carbons (Fsp3) is 0.125. The molecule has 0 fully saturated rings. The molecule has 0 saturated heterocycles. The minimum absolute atomic E-state index is 0.0847. The highest BCUT2D eigenvalue weighted by molar-refractivity contribution is 5.93. The Morgan fingerprint density at radius 2 is 1.57 bits per heavy atom. The van der Waals surface area contributed by atoms with Crippen molar-refractivity contribution in [1.29, 1.82) is 0 Å². The summed E-state index contributed by atoms with van der Waals surface area (Å²) in [6.45, 7) is 1.93.